The average Bonchev–Trinajstić information content (AvgIpc) is 3.28. The van der Waals surface area contributed by atoms with Crippen LogP contribution in [0.3, 0.4) is 0 Å². The lowest BCUT2D eigenvalue weighted by Crippen LogP contribution is -2.39. The summed E-state index contributed by atoms with van der Waals surface area (Å²) in [6.45, 7) is 2.90. The van der Waals surface area contributed by atoms with E-state index < -0.39 is 0 Å². The molecule has 1 heterocycles. The summed E-state index contributed by atoms with van der Waals surface area (Å²) in [5.74, 6) is 0.313. The van der Waals surface area contributed by atoms with Crippen LogP contribution in [0.2, 0.25) is 0 Å². The molecule has 2 amide bonds. The van der Waals surface area contributed by atoms with Crippen LogP contribution in [0.4, 0.5) is 9.18 Å². The van der Waals surface area contributed by atoms with Gasteiger partial charge in [0.15, 0.2) is 0 Å². The molecule has 29 heavy (non-hydrogen) atoms. The Hall–Kier alpha value is -3.42. The summed E-state index contributed by atoms with van der Waals surface area (Å²) < 4.78 is 20.1. The minimum absolute atomic E-state index is 0.0877. The van der Waals surface area contributed by atoms with Crippen molar-refractivity contribution in [3.05, 3.63) is 72.6 Å². The SMILES string of the molecule is CC(c1ccc(-n2cncn2)cc1)N(C)C(=O)NCCCOc1ccc(F)cc1. The van der Waals surface area contributed by atoms with Crippen LogP contribution in [0.15, 0.2) is 61.2 Å². The van der Waals surface area contributed by atoms with Gasteiger partial charge >= 0.3 is 6.03 Å². The molecule has 1 N–H and O–H groups in total. The monoisotopic (exact) mass is 397 g/mol. The Kier molecular flexibility index (Phi) is 6.78. The lowest BCUT2D eigenvalue weighted by Gasteiger charge is -2.25. The van der Waals surface area contributed by atoms with Crippen molar-refractivity contribution in [2.75, 3.05) is 20.2 Å². The molecule has 1 atom stereocenters. The van der Waals surface area contributed by atoms with E-state index in [1.807, 2.05) is 31.2 Å². The fourth-order valence-electron chi connectivity index (χ4n) is 2.76. The topological polar surface area (TPSA) is 72.3 Å². The molecule has 0 aliphatic heterocycles. The molecule has 1 unspecified atom stereocenters. The van der Waals surface area contributed by atoms with Crippen molar-refractivity contribution in [1.82, 2.24) is 25.0 Å². The fourth-order valence-corrected chi connectivity index (χ4v) is 2.76. The number of ether oxygens (including phenoxy) is 1. The lowest BCUT2D eigenvalue weighted by molar-refractivity contribution is 0.193. The molecule has 2 aromatic carbocycles. The largest absolute Gasteiger partial charge is 0.494 e. The normalized spacial score (nSPS) is 11.7. The third kappa shape index (κ3) is 5.54. The molecular formula is C21H24FN5O2. The van der Waals surface area contributed by atoms with E-state index in [0.717, 1.165) is 11.3 Å². The van der Waals surface area contributed by atoms with Gasteiger partial charge in [0.05, 0.1) is 18.3 Å². The van der Waals surface area contributed by atoms with Crippen LogP contribution < -0.4 is 10.1 Å². The maximum absolute atomic E-state index is 12.9. The first kappa shape index (κ1) is 20.3. The summed E-state index contributed by atoms with van der Waals surface area (Å²) in [6.07, 6.45) is 3.77. The van der Waals surface area contributed by atoms with Gasteiger partial charge in [0, 0.05) is 13.6 Å². The van der Waals surface area contributed by atoms with E-state index in [4.69, 9.17) is 4.74 Å². The zero-order valence-corrected chi connectivity index (χ0v) is 16.5. The molecule has 152 valence electrons. The number of aromatic nitrogens is 3. The highest BCUT2D eigenvalue weighted by atomic mass is 19.1. The summed E-state index contributed by atoms with van der Waals surface area (Å²) in [4.78, 5) is 18.0. The van der Waals surface area contributed by atoms with Gasteiger partial charge < -0.3 is 15.0 Å². The van der Waals surface area contributed by atoms with Crippen LogP contribution in [0.1, 0.15) is 24.9 Å². The van der Waals surface area contributed by atoms with E-state index >= 15 is 0 Å². The molecule has 0 bridgehead atoms. The number of nitrogens with one attached hydrogen (secondary N) is 1. The van der Waals surface area contributed by atoms with E-state index in [0.29, 0.717) is 25.3 Å². The quantitative estimate of drug-likeness (QED) is 0.590. The number of amides is 2. The van der Waals surface area contributed by atoms with Crippen LogP contribution in [0, 0.1) is 5.82 Å². The van der Waals surface area contributed by atoms with E-state index in [-0.39, 0.29) is 17.9 Å². The highest BCUT2D eigenvalue weighted by molar-refractivity contribution is 5.74. The van der Waals surface area contributed by atoms with Gasteiger partial charge in [0.2, 0.25) is 0 Å². The van der Waals surface area contributed by atoms with Crippen molar-refractivity contribution >= 4 is 6.03 Å². The summed E-state index contributed by atoms with van der Waals surface area (Å²) in [7, 11) is 1.76. The number of hydrogen-bond donors (Lipinski definition) is 1. The zero-order valence-electron chi connectivity index (χ0n) is 16.5. The fraction of sp³-hybridized carbons (Fsp3) is 0.286. The number of urea groups is 1. The van der Waals surface area contributed by atoms with Crippen LogP contribution >= 0.6 is 0 Å². The Morgan fingerprint density at radius 2 is 1.93 bits per heavy atom. The smallest absolute Gasteiger partial charge is 0.317 e. The summed E-state index contributed by atoms with van der Waals surface area (Å²) >= 11 is 0. The Labute approximate surface area is 169 Å². The number of hydrogen-bond acceptors (Lipinski definition) is 4. The van der Waals surface area contributed by atoms with Gasteiger partial charge in [0.25, 0.3) is 0 Å². The van der Waals surface area contributed by atoms with Crippen molar-refractivity contribution in [1.29, 1.82) is 0 Å². The van der Waals surface area contributed by atoms with Gasteiger partial charge in [-0.3, -0.25) is 0 Å². The van der Waals surface area contributed by atoms with Crippen LogP contribution in [0.25, 0.3) is 5.69 Å². The summed E-state index contributed by atoms with van der Waals surface area (Å²) in [5.41, 5.74) is 1.93. The van der Waals surface area contributed by atoms with Crippen molar-refractivity contribution in [2.24, 2.45) is 0 Å². The van der Waals surface area contributed by atoms with Crippen molar-refractivity contribution in [2.45, 2.75) is 19.4 Å². The lowest BCUT2D eigenvalue weighted by atomic mass is 10.1. The Morgan fingerprint density at radius 1 is 1.21 bits per heavy atom. The Balaban J connectivity index is 1.42. The van der Waals surface area contributed by atoms with Crippen LogP contribution in [-0.4, -0.2) is 45.9 Å². The predicted octanol–water partition coefficient (Wildman–Crippen LogP) is 3.58. The van der Waals surface area contributed by atoms with Crippen molar-refractivity contribution in [3.63, 3.8) is 0 Å². The third-order valence-electron chi connectivity index (χ3n) is 4.64. The molecule has 0 aliphatic rings. The zero-order chi connectivity index (χ0) is 20.6. The summed E-state index contributed by atoms with van der Waals surface area (Å²) in [6, 6.07) is 13.5. The second-order valence-corrected chi connectivity index (χ2v) is 6.61. The van der Waals surface area contributed by atoms with Gasteiger partial charge in [-0.15, -0.1) is 0 Å². The molecule has 0 saturated heterocycles. The number of halogens is 1. The van der Waals surface area contributed by atoms with E-state index in [2.05, 4.69) is 15.4 Å². The van der Waals surface area contributed by atoms with E-state index in [1.54, 1.807) is 35.1 Å². The number of rotatable bonds is 8. The molecule has 3 aromatic rings. The molecule has 3 rings (SSSR count). The van der Waals surface area contributed by atoms with Gasteiger partial charge in [-0.05, 0) is 55.3 Å². The molecular weight excluding hydrogens is 373 g/mol. The summed E-state index contributed by atoms with van der Waals surface area (Å²) in [5, 5.41) is 6.99. The number of carbonyl (C=O) groups excluding carboxylic acids is 1. The van der Waals surface area contributed by atoms with Crippen molar-refractivity contribution in [3.8, 4) is 11.4 Å². The molecule has 0 spiro atoms. The van der Waals surface area contributed by atoms with Gasteiger partial charge in [-0.2, -0.15) is 5.10 Å². The first-order chi connectivity index (χ1) is 14.0. The van der Waals surface area contributed by atoms with E-state index in [1.165, 1.54) is 18.5 Å². The van der Waals surface area contributed by atoms with Gasteiger partial charge in [-0.25, -0.2) is 18.9 Å². The third-order valence-corrected chi connectivity index (χ3v) is 4.64. The minimum atomic E-state index is -0.296. The number of carbonyl (C=O) groups is 1. The van der Waals surface area contributed by atoms with Crippen LogP contribution in [0.5, 0.6) is 5.75 Å². The van der Waals surface area contributed by atoms with Crippen LogP contribution in [-0.2, 0) is 0 Å². The second kappa shape index (κ2) is 9.68. The maximum atomic E-state index is 12.9. The maximum Gasteiger partial charge on any atom is 0.317 e. The minimum Gasteiger partial charge on any atom is -0.494 e. The molecule has 8 heteroatoms. The average molecular weight is 397 g/mol. The standard InChI is InChI=1S/C21H24FN5O2/c1-16(17-4-8-19(9-5-17)27-15-23-14-25-27)26(2)21(28)24-12-3-13-29-20-10-6-18(22)7-11-20/h4-11,14-16H,3,12-13H2,1-2H3,(H,24,28). The first-order valence-electron chi connectivity index (χ1n) is 9.38. The Bertz CT molecular complexity index is 898. The number of nitrogens with zero attached hydrogens (tertiary/aromatic N) is 4. The van der Waals surface area contributed by atoms with Gasteiger partial charge in [-0.1, -0.05) is 12.1 Å². The highest BCUT2D eigenvalue weighted by Crippen LogP contribution is 2.20. The molecule has 7 nitrogen and oxygen atoms in total. The first-order valence-corrected chi connectivity index (χ1v) is 9.38. The molecule has 1 aromatic heterocycles. The molecule has 0 saturated carbocycles. The predicted molar refractivity (Wildman–Crippen MR) is 107 cm³/mol. The Morgan fingerprint density at radius 3 is 2.59 bits per heavy atom. The molecule has 0 aliphatic carbocycles. The van der Waals surface area contributed by atoms with E-state index in [9.17, 15) is 9.18 Å². The van der Waals surface area contributed by atoms with Gasteiger partial charge in [0.1, 0.15) is 24.2 Å². The molecule has 0 radical (unpaired) electrons. The van der Waals surface area contributed by atoms with Crippen molar-refractivity contribution < 1.29 is 13.9 Å². The molecule has 0 fully saturated rings. The second-order valence-electron chi connectivity index (χ2n) is 6.61. The highest BCUT2D eigenvalue weighted by Gasteiger charge is 2.17. The number of benzene rings is 2.